The van der Waals surface area contributed by atoms with Crippen LogP contribution in [0.25, 0.3) is 0 Å². The van der Waals surface area contributed by atoms with Crippen LogP contribution < -0.4 is 0 Å². The molecule has 0 aromatic rings. The predicted octanol–water partition coefficient (Wildman–Crippen LogP) is 2.46. The van der Waals surface area contributed by atoms with Gasteiger partial charge >= 0.3 is 0 Å². The maximum Gasteiger partial charge on any atom is 0.213 e. The summed E-state index contributed by atoms with van der Waals surface area (Å²) in [6, 6.07) is 0. The Balaban J connectivity index is 3.81. The van der Waals surface area contributed by atoms with Crippen LogP contribution in [-0.2, 0) is 10.0 Å². The number of rotatable bonds is 9. The number of nitrogens with zero attached hydrogens (tertiary/aromatic N) is 1. The summed E-state index contributed by atoms with van der Waals surface area (Å²) in [5.74, 6) is 0.932. The lowest BCUT2D eigenvalue weighted by molar-refractivity contribution is 0.453. The minimum atomic E-state index is -3.01. The predicted molar refractivity (Wildman–Crippen MR) is 65.9 cm³/mol. The van der Waals surface area contributed by atoms with Crippen LogP contribution in [0.5, 0.6) is 0 Å². The van der Waals surface area contributed by atoms with Crippen LogP contribution in [0.3, 0.4) is 0 Å². The van der Waals surface area contributed by atoms with Crippen LogP contribution in [0.4, 0.5) is 0 Å². The van der Waals surface area contributed by atoms with Gasteiger partial charge < -0.3 is 0 Å². The van der Waals surface area contributed by atoms with Gasteiger partial charge in [-0.15, -0.1) is 11.6 Å². The van der Waals surface area contributed by atoms with E-state index in [4.69, 9.17) is 11.6 Å². The molecule has 0 aromatic heterocycles. The average Bonchev–Trinajstić information content (AvgIpc) is 2.21. The summed E-state index contributed by atoms with van der Waals surface area (Å²) >= 11 is 5.54. The molecule has 0 aliphatic heterocycles. The van der Waals surface area contributed by atoms with Crippen molar-refractivity contribution in [2.45, 2.75) is 39.0 Å². The highest BCUT2D eigenvalue weighted by Gasteiger charge is 2.15. The monoisotopic (exact) mass is 255 g/mol. The normalized spacial score (nSPS) is 12.3. The van der Waals surface area contributed by atoms with Gasteiger partial charge in [-0.3, -0.25) is 0 Å². The second-order valence-electron chi connectivity index (χ2n) is 3.74. The number of hydrogen-bond acceptors (Lipinski definition) is 2. The molecule has 0 amide bonds. The van der Waals surface area contributed by atoms with Crippen LogP contribution in [0.15, 0.2) is 0 Å². The molecular formula is C10H22ClNO2S. The molecule has 0 atom stereocenters. The van der Waals surface area contributed by atoms with Crippen molar-refractivity contribution < 1.29 is 8.42 Å². The molecule has 3 nitrogen and oxygen atoms in total. The molecule has 0 bridgehead atoms. The van der Waals surface area contributed by atoms with Crippen molar-refractivity contribution in [1.29, 1.82) is 0 Å². The van der Waals surface area contributed by atoms with Crippen LogP contribution in [0, 0.1) is 0 Å². The number of hydrogen-bond donors (Lipinski definition) is 0. The van der Waals surface area contributed by atoms with Gasteiger partial charge in [0.15, 0.2) is 0 Å². The van der Waals surface area contributed by atoms with E-state index < -0.39 is 10.0 Å². The smallest absolute Gasteiger partial charge is 0.212 e. The zero-order chi connectivity index (χ0) is 11.7. The van der Waals surface area contributed by atoms with Crippen molar-refractivity contribution in [3.63, 3.8) is 0 Å². The van der Waals surface area contributed by atoms with E-state index in [0.29, 0.717) is 12.4 Å². The summed E-state index contributed by atoms with van der Waals surface area (Å²) in [7, 11) is -1.35. The Hall–Kier alpha value is 0.200. The molecule has 0 N–H and O–H groups in total. The molecule has 92 valence electrons. The molecule has 0 radical (unpaired) electrons. The summed E-state index contributed by atoms with van der Waals surface area (Å²) < 4.78 is 24.8. The Morgan fingerprint density at radius 2 is 1.80 bits per heavy atom. The van der Waals surface area contributed by atoms with Crippen molar-refractivity contribution >= 4 is 21.6 Å². The summed E-state index contributed by atoms with van der Waals surface area (Å²) in [5, 5.41) is 0. The second kappa shape index (κ2) is 8.36. The van der Waals surface area contributed by atoms with E-state index in [9.17, 15) is 8.42 Å². The molecule has 0 saturated carbocycles. The SMILES string of the molecule is CCCCS(=O)(=O)N(C)CCCCCCl. The van der Waals surface area contributed by atoms with Crippen molar-refractivity contribution in [3.8, 4) is 0 Å². The molecule has 0 fully saturated rings. The maximum absolute atomic E-state index is 11.7. The number of sulfonamides is 1. The molecule has 0 saturated heterocycles. The van der Waals surface area contributed by atoms with Gasteiger partial charge in [0.25, 0.3) is 0 Å². The van der Waals surface area contributed by atoms with Gasteiger partial charge in [0.2, 0.25) is 10.0 Å². The van der Waals surface area contributed by atoms with E-state index in [1.165, 1.54) is 4.31 Å². The third-order valence-corrected chi connectivity index (χ3v) is 4.54. The zero-order valence-electron chi connectivity index (χ0n) is 9.71. The largest absolute Gasteiger partial charge is 0.213 e. The average molecular weight is 256 g/mol. The Morgan fingerprint density at radius 3 is 2.33 bits per heavy atom. The molecule has 0 heterocycles. The first-order valence-electron chi connectivity index (χ1n) is 5.54. The second-order valence-corrected chi connectivity index (χ2v) is 6.31. The van der Waals surface area contributed by atoms with Gasteiger partial charge in [0.05, 0.1) is 5.75 Å². The lowest BCUT2D eigenvalue weighted by atomic mass is 10.2. The standard InChI is InChI=1S/C10H22ClNO2S/c1-3-4-10-15(13,14)12(2)9-7-5-6-8-11/h3-10H2,1-2H3. The molecule has 5 heteroatoms. The molecule has 0 spiro atoms. The summed E-state index contributed by atoms with van der Waals surface area (Å²) in [4.78, 5) is 0. The first kappa shape index (κ1) is 15.2. The van der Waals surface area contributed by atoms with Crippen LogP contribution in [0.1, 0.15) is 39.0 Å². The fraction of sp³-hybridized carbons (Fsp3) is 1.00. The number of halogens is 1. The van der Waals surface area contributed by atoms with E-state index in [2.05, 4.69) is 0 Å². The van der Waals surface area contributed by atoms with Crippen molar-refractivity contribution in [3.05, 3.63) is 0 Å². The topological polar surface area (TPSA) is 37.4 Å². The highest BCUT2D eigenvalue weighted by Crippen LogP contribution is 2.05. The Labute approximate surface area is 98.8 Å². The van der Waals surface area contributed by atoms with E-state index in [1.54, 1.807) is 7.05 Å². The Kier molecular flexibility index (Phi) is 8.47. The van der Waals surface area contributed by atoms with Crippen LogP contribution in [-0.4, -0.2) is 37.9 Å². The van der Waals surface area contributed by atoms with E-state index in [0.717, 1.165) is 32.1 Å². The van der Waals surface area contributed by atoms with E-state index in [1.807, 2.05) is 6.92 Å². The first-order valence-corrected chi connectivity index (χ1v) is 7.69. The highest BCUT2D eigenvalue weighted by molar-refractivity contribution is 7.89. The molecule has 0 aliphatic rings. The summed E-state index contributed by atoms with van der Waals surface area (Å²) in [5.41, 5.74) is 0. The summed E-state index contributed by atoms with van der Waals surface area (Å²) in [6.45, 7) is 2.61. The molecule has 15 heavy (non-hydrogen) atoms. The quantitative estimate of drug-likeness (QED) is 0.469. The Bertz CT molecular complexity index is 242. The van der Waals surface area contributed by atoms with Crippen molar-refractivity contribution in [1.82, 2.24) is 4.31 Å². The van der Waals surface area contributed by atoms with Gasteiger partial charge in [0, 0.05) is 19.5 Å². The molecule has 0 rings (SSSR count). The molecule has 0 unspecified atom stereocenters. The maximum atomic E-state index is 11.7. The Morgan fingerprint density at radius 1 is 1.13 bits per heavy atom. The molecular weight excluding hydrogens is 234 g/mol. The third kappa shape index (κ3) is 7.14. The van der Waals surface area contributed by atoms with Gasteiger partial charge in [-0.2, -0.15) is 0 Å². The number of alkyl halides is 1. The first-order chi connectivity index (χ1) is 7.04. The zero-order valence-corrected chi connectivity index (χ0v) is 11.3. The summed E-state index contributed by atoms with van der Waals surface area (Å²) in [6.07, 6.45) is 4.52. The van der Waals surface area contributed by atoms with Crippen molar-refractivity contribution in [2.75, 3.05) is 25.2 Å². The third-order valence-electron chi connectivity index (χ3n) is 2.34. The van der Waals surface area contributed by atoms with Gasteiger partial charge in [0.1, 0.15) is 0 Å². The molecule has 0 aromatic carbocycles. The van der Waals surface area contributed by atoms with E-state index in [-0.39, 0.29) is 5.75 Å². The van der Waals surface area contributed by atoms with E-state index >= 15 is 0 Å². The lowest BCUT2D eigenvalue weighted by Gasteiger charge is -2.16. The minimum Gasteiger partial charge on any atom is -0.212 e. The fourth-order valence-electron chi connectivity index (χ4n) is 1.23. The van der Waals surface area contributed by atoms with Crippen LogP contribution >= 0.6 is 11.6 Å². The number of unbranched alkanes of at least 4 members (excludes halogenated alkanes) is 3. The van der Waals surface area contributed by atoms with Gasteiger partial charge in [-0.1, -0.05) is 19.8 Å². The molecule has 0 aliphatic carbocycles. The fourth-order valence-corrected chi connectivity index (χ4v) is 2.79. The van der Waals surface area contributed by atoms with Crippen LogP contribution in [0.2, 0.25) is 0 Å². The van der Waals surface area contributed by atoms with Crippen molar-refractivity contribution in [2.24, 2.45) is 0 Å². The van der Waals surface area contributed by atoms with Gasteiger partial charge in [-0.25, -0.2) is 12.7 Å². The van der Waals surface area contributed by atoms with Gasteiger partial charge in [-0.05, 0) is 19.3 Å². The highest BCUT2D eigenvalue weighted by atomic mass is 35.5. The lowest BCUT2D eigenvalue weighted by Crippen LogP contribution is -2.30. The minimum absolute atomic E-state index is 0.273.